The molecule has 21 heavy (non-hydrogen) atoms. The van der Waals surface area contributed by atoms with Crippen LogP contribution in [0.4, 0.5) is 9.18 Å². The molecule has 5 nitrogen and oxygen atoms in total. The molecule has 2 aliphatic rings. The van der Waals surface area contributed by atoms with Crippen molar-refractivity contribution in [3.63, 3.8) is 0 Å². The van der Waals surface area contributed by atoms with Crippen LogP contribution >= 0.6 is 0 Å². The summed E-state index contributed by atoms with van der Waals surface area (Å²) in [5.74, 6) is -1.34. The normalized spacial score (nSPS) is 27.5. The maximum Gasteiger partial charge on any atom is 0.317 e. The summed E-state index contributed by atoms with van der Waals surface area (Å²) in [6.07, 6.45) is 1.35. The number of benzene rings is 1. The van der Waals surface area contributed by atoms with Gasteiger partial charge in [-0.15, -0.1) is 0 Å². The van der Waals surface area contributed by atoms with Crippen LogP contribution in [0, 0.1) is 11.7 Å². The van der Waals surface area contributed by atoms with E-state index < -0.39 is 11.9 Å². The fourth-order valence-corrected chi connectivity index (χ4v) is 2.83. The minimum Gasteiger partial charge on any atom is -0.481 e. The molecule has 2 amide bonds. The number of hydrogen-bond acceptors (Lipinski definition) is 2. The third-order valence-corrected chi connectivity index (χ3v) is 4.22. The second kappa shape index (κ2) is 5.35. The monoisotopic (exact) mass is 292 g/mol. The van der Waals surface area contributed by atoms with E-state index in [0.717, 1.165) is 12.0 Å². The van der Waals surface area contributed by atoms with Gasteiger partial charge < -0.3 is 15.3 Å². The van der Waals surface area contributed by atoms with Gasteiger partial charge in [-0.3, -0.25) is 4.79 Å². The van der Waals surface area contributed by atoms with Gasteiger partial charge in [0.2, 0.25) is 0 Å². The first-order valence-electron chi connectivity index (χ1n) is 7.08. The third kappa shape index (κ3) is 2.99. The molecule has 0 aromatic heterocycles. The lowest BCUT2D eigenvalue weighted by Crippen LogP contribution is -2.40. The number of nitrogens with zero attached hydrogens (tertiary/aromatic N) is 1. The largest absolute Gasteiger partial charge is 0.481 e. The SMILES string of the molecule is O=C(O)C1CCN(C(=O)N[C@@H]2C[C@H]2c2ccc(F)cc2)C1. The molecule has 3 rings (SSSR count). The summed E-state index contributed by atoms with van der Waals surface area (Å²) in [5.41, 5.74) is 1.02. The number of likely N-dealkylation sites (tertiary alicyclic amines) is 1. The summed E-state index contributed by atoms with van der Waals surface area (Å²) in [7, 11) is 0. The number of urea groups is 1. The van der Waals surface area contributed by atoms with Crippen molar-refractivity contribution in [2.75, 3.05) is 13.1 Å². The maximum absolute atomic E-state index is 12.9. The zero-order valence-electron chi connectivity index (χ0n) is 11.5. The van der Waals surface area contributed by atoms with Crippen molar-refractivity contribution in [1.82, 2.24) is 10.2 Å². The van der Waals surface area contributed by atoms with Gasteiger partial charge in [0.05, 0.1) is 5.92 Å². The fourth-order valence-electron chi connectivity index (χ4n) is 2.83. The molecule has 3 atom stereocenters. The Morgan fingerprint density at radius 3 is 2.62 bits per heavy atom. The highest BCUT2D eigenvalue weighted by Gasteiger charge is 2.41. The fraction of sp³-hybridized carbons (Fsp3) is 0.467. The Labute approximate surface area is 121 Å². The highest BCUT2D eigenvalue weighted by atomic mass is 19.1. The first-order chi connectivity index (χ1) is 10.0. The second-order valence-corrected chi connectivity index (χ2v) is 5.72. The Kier molecular flexibility index (Phi) is 3.53. The van der Waals surface area contributed by atoms with Gasteiger partial charge in [0, 0.05) is 25.0 Å². The zero-order valence-corrected chi connectivity index (χ0v) is 11.5. The van der Waals surface area contributed by atoms with Crippen molar-refractivity contribution >= 4 is 12.0 Å². The van der Waals surface area contributed by atoms with E-state index in [9.17, 15) is 14.0 Å². The number of hydrogen-bond donors (Lipinski definition) is 2. The number of aliphatic carboxylic acids is 1. The predicted molar refractivity (Wildman–Crippen MR) is 73.4 cm³/mol. The lowest BCUT2D eigenvalue weighted by atomic mass is 10.1. The molecular weight excluding hydrogens is 275 g/mol. The average molecular weight is 292 g/mol. The number of rotatable bonds is 3. The summed E-state index contributed by atoms with van der Waals surface area (Å²) in [5, 5.41) is 11.8. The summed E-state index contributed by atoms with van der Waals surface area (Å²) < 4.78 is 12.9. The van der Waals surface area contributed by atoms with E-state index in [4.69, 9.17) is 5.11 Å². The predicted octanol–water partition coefficient (Wildman–Crippen LogP) is 1.80. The average Bonchev–Trinajstić information content (AvgIpc) is 3.03. The summed E-state index contributed by atoms with van der Waals surface area (Å²) in [4.78, 5) is 24.5. The quantitative estimate of drug-likeness (QED) is 0.892. The molecule has 1 heterocycles. The van der Waals surface area contributed by atoms with Gasteiger partial charge in [-0.25, -0.2) is 9.18 Å². The van der Waals surface area contributed by atoms with E-state index in [2.05, 4.69) is 5.32 Å². The Morgan fingerprint density at radius 1 is 1.29 bits per heavy atom. The highest BCUT2D eigenvalue weighted by molar-refractivity contribution is 5.78. The van der Waals surface area contributed by atoms with Crippen LogP contribution in [0.3, 0.4) is 0 Å². The van der Waals surface area contributed by atoms with Gasteiger partial charge in [0.15, 0.2) is 0 Å². The Balaban J connectivity index is 1.51. The van der Waals surface area contributed by atoms with Crippen molar-refractivity contribution in [2.45, 2.75) is 24.8 Å². The molecule has 1 saturated carbocycles. The maximum atomic E-state index is 12.9. The van der Waals surface area contributed by atoms with Crippen molar-refractivity contribution in [2.24, 2.45) is 5.92 Å². The van der Waals surface area contributed by atoms with Crippen LogP contribution in [0.15, 0.2) is 24.3 Å². The number of carboxylic acid groups (broad SMARTS) is 1. The molecule has 1 unspecified atom stereocenters. The van der Waals surface area contributed by atoms with E-state index in [1.54, 1.807) is 17.0 Å². The third-order valence-electron chi connectivity index (χ3n) is 4.22. The van der Waals surface area contributed by atoms with E-state index >= 15 is 0 Å². The Bertz CT molecular complexity index is 561. The van der Waals surface area contributed by atoms with Crippen molar-refractivity contribution in [3.05, 3.63) is 35.6 Å². The van der Waals surface area contributed by atoms with Gasteiger partial charge in [0.1, 0.15) is 5.82 Å². The first kappa shape index (κ1) is 13.9. The molecule has 0 bridgehead atoms. The van der Waals surface area contributed by atoms with Crippen molar-refractivity contribution in [1.29, 1.82) is 0 Å². The van der Waals surface area contributed by atoms with Crippen LogP contribution in [-0.2, 0) is 4.79 Å². The van der Waals surface area contributed by atoms with Gasteiger partial charge in [-0.2, -0.15) is 0 Å². The highest BCUT2D eigenvalue weighted by Crippen LogP contribution is 2.40. The molecule has 2 fully saturated rings. The van der Waals surface area contributed by atoms with E-state index in [1.807, 2.05) is 0 Å². The Morgan fingerprint density at radius 2 is 2.00 bits per heavy atom. The lowest BCUT2D eigenvalue weighted by molar-refractivity contribution is -0.141. The van der Waals surface area contributed by atoms with Crippen LogP contribution in [0.2, 0.25) is 0 Å². The molecular formula is C15H17FN2O3. The minimum absolute atomic E-state index is 0.0619. The van der Waals surface area contributed by atoms with Crippen LogP contribution in [0.5, 0.6) is 0 Å². The molecule has 1 aromatic rings. The molecule has 1 aliphatic carbocycles. The molecule has 112 valence electrons. The van der Waals surface area contributed by atoms with Gasteiger partial charge in [-0.05, 0) is 30.5 Å². The van der Waals surface area contributed by atoms with E-state index in [1.165, 1.54) is 12.1 Å². The smallest absolute Gasteiger partial charge is 0.317 e. The van der Waals surface area contributed by atoms with Gasteiger partial charge >= 0.3 is 12.0 Å². The number of carbonyl (C=O) groups is 2. The molecule has 0 spiro atoms. The van der Waals surface area contributed by atoms with Crippen LogP contribution in [0.1, 0.15) is 24.3 Å². The topological polar surface area (TPSA) is 69.6 Å². The molecule has 1 aromatic carbocycles. The second-order valence-electron chi connectivity index (χ2n) is 5.72. The van der Waals surface area contributed by atoms with E-state index in [-0.39, 0.29) is 30.4 Å². The van der Waals surface area contributed by atoms with Crippen LogP contribution in [-0.4, -0.2) is 41.1 Å². The zero-order chi connectivity index (χ0) is 15.0. The number of carboxylic acids is 1. The number of amides is 2. The number of nitrogens with one attached hydrogen (secondary N) is 1. The first-order valence-corrected chi connectivity index (χ1v) is 7.08. The molecule has 0 radical (unpaired) electrons. The molecule has 6 heteroatoms. The van der Waals surface area contributed by atoms with E-state index in [0.29, 0.717) is 13.0 Å². The van der Waals surface area contributed by atoms with Gasteiger partial charge in [0.25, 0.3) is 0 Å². The van der Waals surface area contributed by atoms with Gasteiger partial charge in [-0.1, -0.05) is 12.1 Å². The standard InChI is InChI=1S/C15H17FN2O3/c16-11-3-1-9(2-4-11)12-7-13(12)17-15(21)18-6-5-10(8-18)14(19)20/h1-4,10,12-13H,5-8H2,(H,17,21)(H,19,20)/t10?,12-,13+/m0/s1. The minimum atomic E-state index is -0.846. The summed E-state index contributed by atoms with van der Waals surface area (Å²) >= 11 is 0. The molecule has 1 saturated heterocycles. The lowest BCUT2D eigenvalue weighted by Gasteiger charge is -2.16. The van der Waals surface area contributed by atoms with Crippen molar-refractivity contribution in [3.8, 4) is 0 Å². The summed E-state index contributed by atoms with van der Waals surface area (Å²) in [6.45, 7) is 0.756. The van der Waals surface area contributed by atoms with Crippen LogP contribution < -0.4 is 5.32 Å². The molecule has 1 aliphatic heterocycles. The number of halogens is 1. The summed E-state index contributed by atoms with van der Waals surface area (Å²) in [6, 6.07) is 6.18. The number of carbonyl (C=O) groups excluding carboxylic acids is 1. The molecule has 2 N–H and O–H groups in total. The van der Waals surface area contributed by atoms with Crippen LogP contribution in [0.25, 0.3) is 0 Å². The van der Waals surface area contributed by atoms with Crippen molar-refractivity contribution < 1.29 is 19.1 Å². The Hall–Kier alpha value is -2.11.